The summed E-state index contributed by atoms with van der Waals surface area (Å²) in [5.41, 5.74) is 0. The lowest BCUT2D eigenvalue weighted by molar-refractivity contribution is 0.198. The van der Waals surface area contributed by atoms with Gasteiger partial charge in [-0.25, -0.2) is 13.1 Å². The number of hydrogen-bond donors (Lipinski definition) is 2. The Labute approximate surface area is 93.2 Å². The van der Waals surface area contributed by atoms with Crippen LogP contribution < -0.4 is 4.72 Å². The third-order valence-electron chi connectivity index (χ3n) is 1.59. The molecule has 15 heavy (non-hydrogen) atoms. The van der Waals surface area contributed by atoms with Gasteiger partial charge in [0.05, 0.1) is 11.1 Å². The summed E-state index contributed by atoms with van der Waals surface area (Å²) in [6.07, 6.45) is 1.80. The molecule has 0 saturated carbocycles. The van der Waals surface area contributed by atoms with Crippen molar-refractivity contribution in [3.63, 3.8) is 0 Å². The van der Waals surface area contributed by atoms with Crippen LogP contribution in [0.25, 0.3) is 0 Å². The van der Waals surface area contributed by atoms with Crippen LogP contribution in [0.1, 0.15) is 6.92 Å². The number of aliphatic hydroxyl groups is 1. The van der Waals surface area contributed by atoms with Crippen LogP contribution >= 0.6 is 11.6 Å². The van der Waals surface area contributed by atoms with Crippen molar-refractivity contribution in [1.82, 2.24) is 9.71 Å². The van der Waals surface area contributed by atoms with Crippen LogP contribution in [0.15, 0.2) is 23.4 Å². The number of aromatic nitrogens is 1. The minimum absolute atomic E-state index is 0.0619. The standard InChI is InChI=1S/C8H11ClN2O3S/c1-6(12)4-11-15(13,14)8-5-10-3-2-7(8)9/h2-3,5-6,11-12H,4H2,1H3/t6-/m1/s1. The van der Waals surface area contributed by atoms with Gasteiger partial charge in [0.2, 0.25) is 10.0 Å². The van der Waals surface area contributed by atoms with Crippen molar-refractivity contribution in [1.29, 1.82) is 0 Å². The lowest BCUT2D eigenvalue weighted by Gasteiger charge is -2.08. The summed E-state index contributed by atoms with van der Waals surface area (Å²) in [6.45, 7) is 1.42. The van der Waals surface area contributed by atoms with E-state index in [2.05, 4.69) is 9.71 Å². The number of nitrogens with zero attached hydrogens (tertiary/aromatic N) is 1. The molecule has 0 unspecified atom stereocenters. The molecule has 5 nitrogen and oxygen atoms in total. The number of aliphatic hydroxyl groups excluding tert-OH is 1. The molecule has 2 N–H and O–H groups in total. The van der Waals surface area contributed by atoms with Gasteiger partial charge < -0.3 is 5.11 Å². The monoisotopic (exact) mass is 250 g/mol. The zero-order chi connectivity index (χ0) is 11.5. The van der Waals surface area contributed by atoms with E-state index in [0.29, 0.717) is 0 Å². The SMILES string of the molecule is C[C@@H](O)CNS(=O)(=O)c1cnccc1Cl. The molecule has 1 atom stereocenters. The first kappa shape index (κ1) is 12.4. The number of halogens is 1. The molecule has 0 bridgehead atoms. The van der Waals surface area contributed by atoms with Crippen LogP contribution in [0, 0.1) is 0 Å². The highest BCUT2D eigenvalue weighted by molar-refractivity contribution is 7.89. The molecule has 0 aliphatic rings. The van der Waals surface area contributed by atoms with Crippen molar-refractivity contribution in [3.05, 3.63) is 23.5 Å². The molecule has 0 aromatic carbocycles. The fraction of sp³-hybridized carbons (Fsp3) is 0.375. The van der Waals surface area contributed by atoms with Crippen LogP contribution in [0.5, 0.6) is 0 Å². The number of hydrogen-bond acceptors (Lipinski definition) is 4. The van der Waals surface area contributed by atoms with E-state index in [4.69, 9.17) is 16.7 Å². The van der Waals surface area contributed by atoms with E-state index in [1.165, 1.54) is 19.2 Å². The fourth-order valence-corrected chi connectivity index (χ4v) is 2.42. The molecule has 0 aliphatic heterocycles. The first-order valence-corrected chi connectivity index (χ1v) is 6.07. The lowest BCUT2D eigenvalue weighted by atomic mass is 10.4. The molecule has 1 rings (SSSR count). The molecule has 0 saturated heterocycles. The molecule has 1 aromatic rings. The van der Waals surface area contributed by atoms with Crippen LogP contribution in [0.4, 0.5) is 0 Å². The second-order valence-electron chi connectivity index (χ2n) is 3.01. The maximum Gasteiger partial charge on any atom is 0.243 e. The fourth-order valence-electron chi connectivity index (χ4n) is 0.869. The molecule has 0 aliphatic carbocycles. The Morgan fingerprint density at radius 1 is 1.67 bits per heavy atom. The Hall–Kier alpha value is -0.690. The topological polar surface area (TPSA) is 79.3 Å². The van der Waals surface area contributed by atoms with Gasteiger partial charge >= 0.3 is 0 Å². The van der Waals surface area contributed by atoms with Crippen molar-refractivity contribution < 1.29 is 13.5 Å². The summed E-state index contributed by atoms with van der Waals surface area (Å²) in [5.74, 6) is 0. The van der Waals surface area contributed by atoms with E-state index in [-0.39, 0.29) is 16.5 Å². The third kappa shape index (κ3) is 3.42. The van der Waals surface area contributed by atoms with E-state index in [9.17, 15) is 8.42 Å². The van der Waals surface area contributed by atoms with Crippen LogP contribution in [0.3, 0.4) is 0 Å². The summed E-state index contributed by atoms with van der Waals surface area (Å²) < 4.78 is 25.4. The Morgan fingerprint density at radius 3 is 2.87 bits per heavy atom. The zero-order valence-electron chi connectivity index (χ0n) is 8.01. The minimum atomic E-state index is -3.69. The predicted molar refractivity (Wildman–Crippen MR) is 56.1 cm³/mol. The van der Waals surface area contributed by atoms with Crippen molar-refractivity contribution >= 4 is 21.6 Å². The summed E-state index contributed by atoms with van der Waals surface area (Å²) in [7, 11) is -3.69. The first-order valence-electron chi connectivity index (χ1n) is 4.20. The average molecular weight is 251 g/mol. The zero-order valence-corrected chi connectivity index (χ0v) is 9.59. The van der Waals surface area contributed by atoms with Crippen LogP contribution in [-0.2, 0) is 10.0 Å². The number of rotatable bonds is 4. The molecule has 0 radical (unpaired) electrons. The smallest absolute Gasteiger partial charge is 0.243 e. The van der Waals surface area contributed by atoms with Gasteiger partial charge in [-0.2, -0.15) is 0 Å². The highest BCUT2D eigenvalue weighted by atomic mass is 35.5. The number of nitrogens with one attached hydrogen (secondary N) is 1. The van der Waals surface area contributed by atoms with Gasteiger partial charge in [0, 0.05) is 18.9 Å². The first-order chi connectivity index (χ1) is 6.93. The molecular formula is C8H11ClN2O3S. The Morgan fingerprint density at radius 2 is 2.33 bits per heavy atom. The quantitative estimate of drug-likeness (QED) is 0.811. The maximum absolute atomic E-state index is 11.6. The molecular weight excluding hydrogens is 240 g/mol. The van der Waals surface area contributed by atoms with Gasteiger partial charge in [-0.05, 0) is 13.0 Å². The number of pyridine rings is 1. The highest BCUT2D eigenvalue weighted by Crippen LogP contribution is 2.18. The van der Waals surface area contributed by atoms with Crippen LogP contribution in [-0.4, -0.2) is 31.2 Å². The maximum atomic E-state index is 11.6. The lowest BCUT2D eigenvalue weighted by Crippen LogP contribution is -2.30. The third-order valence-corrected chi connectivity index (χ3v) is 3.49. The summed E-state index contributed by atoms with van der Waals surface area (Å²) in [5, 5.41) is 9.06. The van der Waals surface area contributed by atoms with Crippen molar-refractivity contribution in [2.24, 2.45) is 0 Å². The molecule has 0 fully saturated rings. The largest absolute Gasteiger partial charge is 0.392 e. The Bertz CT molecular complexity index is 433. The number of sulfonamides is 1. The van der Waals surface area contributed by atoms with Crippen molar-refractivity contribution in [2.45, 2.75) is 17.9 Å². The van der Waals surface area contributed by atoms with Crippen molar-refractivity contribution in [3.8, 4) is 0 Å². The van der Waals surface area contributed by atoms with Crippen LogP contribution in [0.2, 0.25) is 5.02 Å². The van der Waals surface area contributed by atoms with Crippen molar-refractivity contribution in [2.75, 3.05) is 6.54 Å². The van der Waals surface area contributed by atoms with Gasteiger partial charge in [0.1, 0.15) is 4.90 Å². The summed E-state index contributed by atoms with van der Waals surface area (Å²) in [6, 6.07) is 1.39. The minimum Gasteiger partial charge on any atom is -0.392 e. The molecule has 0 amide bonds. The molecule has 84 valence electrons. The van der Waals surface area contributed by atoms with E-state index in [1.807, 2.05) is 0 Å². The molecule has 1 heterocycles. The molecule has 0 spiro atoms. The predicted octanol–water partition coefficient (Wildman–Crippen LogP) is 0.394. The second-order valence-corrected chi connectivity index (χ2v) is 5.15. The summed E-state index contributed by atoms with van der Waals surface area (Å²) >= 11 is 5.70. The van der Waals surface area contributed by atoms with Gasteiger partial charge in [0.25, 0.3) is 0 Å². The second kappa shape index (κ2) is 4.89. The van der Waals surface area contributed by atoms with Gasteiger partial charge in [0.15, 0.2) is 0 Å². The van der Waals surface area contributed by atoms with Gasteiger partial charge in [-0.3, -0.25) is 4.98 Å². The van der Waals surface area contributed by atoms with E-state index in [1.54, 1.807) is 0 Å². The van der Waals surface area contributed by atoms with Gasteiger partial charge in [-0.15, -0.1) is 0 Å². The summed E-state index contributed by atoms with van der Waals surface area (Å²) in [4.78, 5) is 3.58. The highest BCUT2D eigenvalue weighted by Gasteiger charge is 2.17. The van der Waals surface area contributed by atoms with E-state index in [0.717, 1.165) is 6.20 Å². The van der Waals surface area contributed by atoms with E-state index >= 15 is 0 Å². The normalized spacial score (nSPS) is 13.8. The van der Waals surface area contributed by atoms with Gasteiger partial charge in [-0.1, -0.05) is 11.6 Å². The Balaban J connectivity index is 2.92. The molecule has 7 heteroatoms. The average Bonchev–Trinajstić information content (AvgIpc) is 2.15. The Kier molecular flexibility index (Phi) is 4.04. The van der Waals surface area contributed by atoms with E-state index < -0.39 is 16.1 Å². The molecule has 1 aromatic heterocycles.